The predicted octanol–water partition coefficient (Wildman–Crippen LogP) is 4.01. The number of aryl methyl sites for hydroxylation is 1. The van der Waals surface area contributed by atoms with E-state index in [0.717, 1.165) is 5.56 Å². The van der Waals surface area contributed by atoms with Crippen LogP contribution in [-0.2, 0) is 10.5 Å². The van der Waals surface area contributed by atoms with Crippen LogP contribution in [0.25, 0.3) is 0 Å². The molecule has 0 saturated carbocycles. The third-order valence-electron chi connectivity index (χ3n) is 3.08. The smallest absolute Gasteiger partial charge is 0.234 e. The van der Waals surface area contributed by atoms with Gasteiger partial charge < -0.3 is 10.1 Å². The molecule has 1 N–H and O–H groups in total. The van der Waals surface area contributed by atoms with Crippen LogP contribution in [0.5, 0.6) is 5.75 Å². The average molecular weight is 319 g/mol. The van der Waals surface area contributed by atoms with Gasteiger partial charge in [0.25, 0.3) is 0 Å². The first kappa shape index (κ1) is 16.4. The zero-order valence-corrected chi connectivity index (χ0v) is 13.4. The molecule has 0 unspecified atom stereocenters. The number of ether oxygens (including phenoxy) is 1. The zero-order chi connectivity index (χ0) is 15.9. The Labute approximate surface area is 133 Å². The van der Waals surface area contributed by atoms with Gasteiger partial charge in [0.2, 0.25) is 5.91 Å². The monoisotopic (exact) mass is 319 g/mol. The van der Waals surface area contributed by atoms with Crippen LogP contribution in [0.2, 0.25) is 0 Å². The molecule has 0 aliphatic heterocycles. The van der Waals surface area contributed by atoms with E-state index < -0.39 is 0 Å². The van der Waals surface area contributed by atoms with E-state index in [1.165, 1.54) is 17.8 Å². The molecule has 116 valence electrons. The van der Waals surface area contributed by atoms with Crippen molar-refractivity contribution in [2.45, 2.75) is 12.7 Å². The fourth-order valence-corrected chi connectivity index (χ4v) is 2.79. The minimum Gasteiger partial charge on any atom is -0.495 e. The lowest BCUT2D eigenvalue weighted by atomic mass is 10.2. The lowest BCUT2D eigenvalue weighted by Gasteiger charge is -2.11. The zero-order valence-electron chi connectivity index (χ0n) is 12.6. The molecule has 0 aliphatic carbocycles. The Morgan fingerprint density at radius 2 is 2.05 bits per heavy atom. The highest BCUT2D eigenvalue weighted by Gasteiger charge is 2.09. The molecule has 22 heavy (non-hydrogen) atoms. The van der Waals surface area contributed by atoms with Gasteiger partial charge in [-0.1, -0.05) is 24.3 Å². The molecule has 0 saturated heterocycles. The fraction of sp³-hybridized carbons (Fsp3) is 0.235. The third kappa shape index (κ3) is 4.49. The standard InChI is InChI=1S/C17H18FNO2S/c1-12-7-8-16(21-2)15(9-12)19-17(20)11-22-10-13-5-3-4-6-14(13)18/h3-9H,10-11H2,1-2H3,(H,19,20). The summed E-state index contributed by atoms with van der Waals surface area (Å²) in [6.45, 7) is 1.95. The van der Waals surface area contributed by atoms with E-state index in [0.29, 0.717) is 22.8 Å². The number of anilines is 1. The van der Waals surface area contributed by atoms with Crippen LogP contribution >= 0.6 is 11.8 Å². The molecular weight excluding hydrogens is 301 g/mol. The number of hydrogen-bond acceptors (Lipinski definition) is 3. The number of methoxy groups -OCH3 is 1. The first-order chi connectivity index (χ1) is 10.6. The Balaban J connectivity index is 1.88. The van der Waals surface area contributed by atoms with E-state index in [-0.39, 0.29) is 17.5 Å². The second-order valence-corrected chi connectivity index (χ2v) is 5.82. The molecule has 0 radical (unpaired) electrons. The number of rotatable bonds is 6. The van der Waals surface area contributed by atoms with Crippen molar-refractivity contribution < 1.29 is 13.9 Å². The average Bonchev–Trinajstić information content (AvgIpc) is 2.49. The van der Waals surface area contributed by atoms with Gasteiger partial charge in [-0.15, -0.1) is 11.8 Å². The number of benzene rings is 2. The SMILES string of the molecule is COc1ccc(C)cc1NC(=O)CSCc1ccccc1F. The first-order valence-corrected chi connectivity index (χ1v) is 8.01. The molecule has 0 atom stereocenters. The summed E-state index contributed by atoms with van der Waals surface area (Å²) in [5.41, 5.74) is 2.29. The second kappa shape index (κ2) is 7.84. The molecule has 1 amide bonds. The van der Waals surface area contributed by atoms with Crippen molar-refractivity contribution in [3.63, 3.8) is 0 Å². The highest BCUT2D eigenvalue weighted by molar-refractivity contribution is 7.99. The van der Waals surface area contributed by atoms with Gasteiger partial charge in [0.15, 0.2) is 0 Å². The van der Waals surface area contributed by atoms with Crippen molar-refractivity contribution in [2.75, 3.05) is 18.2 Å². The number of thioether (sulfide) groups is 1. The van der Waals surface area contributed by atoms with Crippen LogP contribution in [0.1, 0.15) is 11.1 Å². The van der Waals surface area contributed by atoms with Gasteiger partial charge in [0.05, 0.1) is 18.6 Å². The van der Waals surface area contributed by atoms with Gasteiger partial charge in [0.1, 0.15) is 11.6 Å². The highest BCUT2D eigenvalue weighted by Crippen LogP contribution is 2.25. The van der Waals surface area contributed by atoms with Gasteiger partial charge in [-0.25, -0.2) is 4.39 Å². The summed E-state index contributed by atoms with van der Waals surface area (Å²) in [5, 5.41) is 2.82. The summed E-state index contributed by atoms with van der Waals surface area (Å²) in [6, 6.07) is 12.2. The summed E-state index contributed by atoms with van der Waals surface area (Å²) < 4.78 is 18.7. The quantitative estimate of drug-likeness (QED) is 0.874. The van der Waals surface area contributed by atoms with E-state index in [1.807, 2.05) is 25.1 Å². The first-order valence-electron chi connectivity index (χ1n) is 6.86. The number of hydrogen-bond donors (Lipinski definition) is 1. The van der Waals surface area contributed by atoms with Gasteiger partial charge in [-0.2, -0.15) is 0 Å². The van der Waals surface area contributed by atoms with Gasteiger partial charge in [-0.05, 0) is 36.2 Å². The molecule has 0 spiro atoms. The Hall–Kier alpha value is -2.01. The predicted molar refractivity (Wildman–Crippen MR) is 88.9 cm³/mol. The van der Waals surface area contributed by atoms with Crippen LogP contribution in [-0.4, -0.2) is 18.8 Å². The number of amides is 1. The molecule has 3 nitrogen and oxygen atoms in total. The lowest BCUT2D eigenvalue weighted by molar-refractivity contribution is -0.113. The normalized spacial score (nSPS) is 10.3. The highest BCUT2D eigenvalue weighted by atomic mass is 32.2. The maximum Gasteiger partial charge on any atom is 0.234 e. The molecule has 5 heteroatoms. The minimum atomic E-state index is -0.240. The van der Waals surface area contributed by atoms with Crippen molar-refractivity contribution in [1.29, 1.82) is 0 Å². The van der Waals surface area contributed by atoms with Gasteiger partial charge in [-0.3, -0.25) is 4.79 Å². The summed E-state index contributed by atoms with van der Waals surface area (Å²) in [6.07, 6.45) is 0. The van der Waals surface area contributed by atoms with Gasteiger partial charge in [0, 0.05) is 5.75 Å². The summed E-state index contributed by atoms with van der Waals surface area (Å²) in [5.74, 6) is 0.968. The maximum absolute atomic E-state index is 13.5. The van der Waals surface area contributed by atoms with Crippen molar-refractivity contribution in [1.82, 2.24) is 0 Å². The molecule has 0 fully saturated rings. The molecule has 0 heterocycles. The summed E-state index contributed by atoms with van der Waals surface area (Å²) >= 11 is 1.37. The van der Waals surface area contributed by atoms with Crippen molar-refractivity contribution in [3.8, 4) is 5.75 Å². The molecule has 0 aliphatic rings. The number of nitrogens with one attached hydrogen (secondary N) is 1. The Morgan fingerprint density at radius 3 is 2.77 bits per heavy atom. The van der Waals surface area contributed by atoms with Crippen LogP contribution in [0, 0.1) is 12.7 Å². The Bertz CT molecular complexity index is 661. The molecule has 0 bridgehead atoms. The van der Waals surface area contributed by atoms with Crippen LogP contribution in [0.4, 0.5) is 10.1 Å². The molecular formula is C17H18FNO2S. The fourth-order valence-electron chi connectivity index (χ4n) is 1.97. The number of carbonyl (C=O) groups excluding carboxylic acids is 1. The molecule has 0 aromatic heterocycles. The largest absolute Gasteiger partial charge is 0.495 e. The number of halogens is 1. The number of carbonyl (C=O) groups is 1. The van der Waals surface area contributed by atoms with Crippen molar-refractivity contribution in [3.05, 3.63) is 59.4 Å². The van der Waals surface area contributed by atoms with E-state index in [1.54, 1.807) is 25.3 Å². The van der Waals surface area contributed by atoms with E-state index in [9.17, 15) is 9.18 Å². The van der Waals surface area contributed by atoms with Crippen molar-refractivity contribution in [2.24, 2.45) is 0 Å². The van der Waals surface area contributed by atoms with Crippen LogP contribution in [0.3, 0.4) is 0 Å². The Kier molecular flexibility index (Phi) is 5.83. The van der Waals surface area contributed by atoms with Crippen LogP contribution in [0.15, 0.2) is 42.5 Å². The summed E-state index contributed by atoms with van der Waals surface area (Å²) in [4.78, 5) is 12.0. The summed E-state index contributed by atoms with van der Waals surface area (Å²) in [7, 11) is 1.56. The minimum absolute atomic E-state index is 0.134. The van der Waals surface area contributed by atoms with E-state index in [2.05, 4.69) is 5.32 Å². The van der Waals surface area contributed by atoms with E-state index >= 15 is 0 Å². The van der Waals surface area contributed by atoms with Crippen molar-refractivity contribution >= 4 is 23.4 Å². The van der Waals surface area contributed by atoms with Crippen LogP contribution < -0.4 is 10.1 Å². The lowest BCUT2D eigenvalue weighted by Crippen LogP contribution is -2.15. The second-order valence-electron chi connectivity index (χ2n) is 4.84. The Morgan fingerprint density at radius 1 is 1.27 bits per heavy atom. The molecule has 2 rings (SSSR count). The van der Waals surface area contributed by atoms with Gasteiger partial charge >= 0.3 is 0 Å². The topological polar surface area (TPSA) is 38.3 Å². The third-order valence-corrected chi connectivity index (χ3v) is 4.06. The maximum atomic E-state index is 13.5. The molecule has 2 aromatic carbocycles. The molecule has 2 aromatic rings. The van der Waals surface area contributed by atoms with E-state index in [4.69, 9.17) is 4.74 Å².